The first-order valence-electron chi connectivity index (χ1n) is 5.96. The van der Waals surface area contributed by atoms with E-state index in [-0.39, 0.29) is 12.5 Å². The number of hydrogen-bond acceptors (Lipinski definition) is 4. The normalized spacial score (nSPS) is 9.55. The molecule has 0 saturated heterocycles. The third kappa shape index (κ3) is 3.75. The third-order valence-corrected chi connectivity index (χ3v) is 2.52. The van der Waals surface area contributed by atoms with Gasteiger partial charge in [-0.1, -0.05) is 6.07 Å². The van der Waals surface area contributed by atoms with Crippen molar-refractivity contribution in [3.05, 3.63) is 54.1 Å². The first kappa shape index (κ1) is 13.4. The molecule has 3 N–H and O–H groups in total. The summed E-state index contributed by atoms with van der Waals surface area (Å²) >= 11 is 0. The number of nitrogen functional groups attached to an aromatic ring is 1. The van der Waals surface area contributed by atoms with Crippen LogP contribution >= 0.6 is 0 Å². The van der Waals surface area contributed by atoms with E-state index >= 15 is 0 Å². The minimum absolute atomic E-state index is 0.110. The molecule has 0 heterocycles. The molecule has 0 unspecified atom stereocenters. The van der Waals surface area contributed by atoms with E-state index in [0.29, 0.717) is 22.7 Å². The molecule has 5 heteroatoms. The molecule has 5 nitrogen and oxygen atoms in total. The predicted molar refractivity (Wildman–Crippen MR) is 76.1 cm³/mol. The van der Waals surface area contributed by atoms with Gasteiger partial charge in [0.2, 0.25) is 0 Å². The zero-order chi connectivity index (χ0) is 14.4. The number of benzene rings is 2. The van der Waals surface area contributed by atoms with Crippen molar-refractivity contribution in [1.29, 1.82) is 5.26 Å². The summed E-state index contributed by atoms with van der Waals surface area (Å²) in [5, 5.41) is 11.3. The van der Waals surface area contributed by atoms with Gasteiger partial charge in [0, 0.05) is 11.4 Å². The molecule has 0 radical (unpaired) electrons. The highest BCUT2D eigenvalue weighted by Gasteiger charge is 2.04. The molecular weight excluding hydrogens is 254 g/mol. The van der Waals surface area contributed by atoms with Gasteiger partial charge in [0.15, 0.2) is 6.61 Å². The SMILES string of the molecule is N#Cc1ccc(OCC(=O)Nc2cccc(N)c2)cc1. The maximum absolute atomic E-state index is 11.7. The van der Waals surface area contributed by atoms with Crippen LogP contribution in [0.1, 0.15) is 5.56 Å². The number of nitriles is 1. The van der Waals surface area contributed by atoms with E-state index in [1.165, 1.54) is 0 Å². The second-order valence-corrected chi connectivity index (χ2v) is 4.10. The number of rotatable bonds is 4. The molecule has 0 aliphatic rings. The van der Waals surface area contributed by atoms with E-state index in [1.807, 2.05) is 6.07 Å². The molecule has 0 saturated carbocycles. The number of anilines is 2. The first-order chi connectivity index (χ1) is 9.67. The van der Waals surface area contributed by atoms with Gasteiger partial charge in [0.1, 0.15) is 5.75 Å². The van der Waals surface area contributed by atoms with Gasteiger partial charge in [0.05, 0.1) is 11.6 Å². The summed E-state index contributed by atoms with van der Waals surface area (Å²) in [5.41, 5.74) is 7.36. The van der Waals surface area contributed by atoms with Crippen molar-refractivity contribution in [3.63, 3.8) is 0 Å². The summed E-state index contributed by atoms with van der Waals surface area (Å²) in [6.45, 7) is -0.110. The minimum atomic E-state index is -0.278. The van der Waals surface area contributed by atoms with Crippen molar-refractivity contribution >= 4 is 17.3 Å². The Kier molecular flexibility index (Phi) is 4.20. The second-order valence-electron chi connectivity index (χ2n) is 4.10. The Labute approximate surface area is 116 Å². The van der Waals surface area contributed by atoms with Gasteiger partial charge in [-0.05, 0) is 42.5 Å². The van der Waals surface area contributed by atoms with Crippen LogP contribution in [0.3, 0.4) is 0 Å². The van der Waals surface area contributed by atoms with E-state index in [1.54, 1.807) is 48.5 Å². The first-order valence-corrected chi connectivity index (χ1v) is 5.96. The summed E-state index contributed by atoms with van der Waals surface area (Å²) in [6.07, 6.45) is 0. The van der Waals surface area contributed by atoms with Crippen LogP contribution in [-0.4, -0.2) is 12.5 Å². The molecule has 0 fully saturated rings. The fourth-order valence-corrected chi connectivity index (χ4v) is 1.59. The van der Waals surface area contributed by atoms with Gasteiger partial charge in [-0.2, -0.15) is 5.26 Å². The average molecular weight is 267 g/mol. The third-order valence-electron chi connectivity index (χ3n) is 2.52. The molecule has 0 aliphatic carbocycles. The number of ether oxygens (including phenoxy) is 1. The number of nitrogens with two attached hydrogens (primary N) is 1. The lowest BCUT2D eigenvalue weighted by Gasteiger charge is -2.08. The Bertz CT molecular complexity index is 645. The predicted octanol–water partition coefficient (Wildman–Crippen LogP) is 2.16. The van der Waals surface area contributed by atoms with Crippen LogP contribution in [0.5, 0.6) is 5.75 Å². The molecule has 2 aromatic carbocycles. The Morgan fingerprint density at radius 3 is 2.65 bits per heavy atom. The molecule has 1 amide bonds. The van der Waals surface area contributed by atoms with E-state index < -0.39 is 0 Å². The molecule has 0 atom stereocenters. The van der Waals surface area contributed by atoms with Gasteiger partial charge in [-0.25, -0.2) is 0 Å². The van der Waals surface area contributed by atoms with Gasteiger partial charge < -0.3 is 15.8 Å². The lowest BCUT2D eigenvalue weighted by Crippen LogP contribution is -2.20. The second kappa shape index (κ2) is 6.25. The number of hydrogen-bond donors (Lipinski definition) is 2. The summed E-state index contributed by atoms with van der Waals surface area (Å²) in [5.74, 6) is 0.256. The van der Waals surface area contributed by atoms with Crippen LogP contribution in [0.25, 0.3) is 0 Å². The monoisotopic (exact) mass is 267 g/mol. The van der Waals surface area contributed by atoms with Crippen LogP contribution < -0.4 is 15.8 Å². The Morgan fingerprint density at radius 1 is 1.25 bits per heavy atom. The van der Waals surface area contributed by atoms with Crippen LogP contribution in [-0.2, 0) is 4.79 Å². The summed E-state index contributed by atoms with van der Waals surface area (Å²) in [6, 6.07) is 15.5. The van der Waals surface area contributed by atoms with Crippen molar-refractivity contribution in [2.75, 3.05) is 17.7 Å². The van der Waals surface area contributed by atoms with Gasteiger partial charge in [0.25, 0.3) is 5.91 Å². The van der Waals surface area contributed by atoms with E-state index in [4.69, 9.17) is 15.7 Å². The number of carbonyl (C=O) groups excluding carboxylic acids is 1. The van der Waals surface area contributed by atoms with Crippen molar-refractivity contribution in [1.82, 2.24) is 0 Å². The maximum atomic E-state index is 11.7. The van der Waals surface area contributed by atoms with Crippen LogP contribution in [0.2, 0.25) is 0 Å². The number of nitrogens with one attached hydrogen (secondary N) is 1. The van der Waals surface area contributed by atoms with Crippen molar-refractivity contribution in [2.24, 2.45) is 0 Å². The zero-order valence-corrected chi connectivity index (χ0v) is 10.7. The zero-order valence-electron chi connectivity index (χ0n) is 10.7. The van der Waals surface area contributed by atoms with E-state index in [9.17, 15) is 4.79 Å². The lowest BCUT2D eigenvalue weighted by atomic mass is 10.2. The molecule has 0 spiro atoms. The minimum Gasteiger partial charge on any atom is -0.484 e. The summed E-state index contributed by atoms with van der Waals surface area (Å²) in [4.78, 5) is 11.7. The smallest absolute Gasteiger partial charge is 0.262 e. The highest BCUT2D eigenvalue weighted by molar-refractivity contribution is 5.92. The Balaban J connectivity index is 1.87. The highest BCUT2D eigenvalue weighted by atomic mass is 16.5. The summed E-state index contributed by atoms with van der Waals surface area (Å²) in [7, 11) is 0. The number of amides is 1. The van der Waals surface area contributed by atoms with Gasteiger partial charge >= 0.3 is 0 Å². The highest BCUT2D eigenvalue weighted by Crippen LogP contribution is 2.13. The largest absolute Gasteiger partial charge is 0.484 e. The molecule has 0 aromatic heterocycles. The van der Waals surface area contributed by atoms with Gasteiger partial charge in [-0.3, -0.25) is 4.79 Å². The maximum Gasteiger partial charge on any atom is 0.262 e. The number of carbonyl (C=O) groups is 1. The van der Waals surface area contributed by atoms with Crippen LogP contribution in [0, 0.1) is 11.3 Å². The standard InChI is InChI=1S/C15H13N3O2/c16-9-11-4-6-14(7-5-11)20-10-15(19)18-13-3-1-2-12(17)8-13/h1-8H,10,17H2,(H,18,19). The van der Waals surface area contributed by atoms with Crippen LogP contribution in [0.15, 0.2) is 48.5 Å². The van der Waals surface area contributed by atoms with E-state index in [0.717, 1.165) is 0 Å². The summed E-state index contributed by atoms with van der Waals surface area (Å²) < 4.78 is 5.32. The Morgan fingerprint density at radius 2 is 2.00 bits per heavy atom. The van der Waals surface area contributed by atoms with Crippen molar-refractivity contribution < 1.29 is 9.53 Å². The molecule has 2 rings (SSSR count). The van der Waals surface area contributed by atoms with Crippen molar-refractivity contribution in [2.45, 2.75) is 0 Å². The molecule has 20 heavy (non-hydrogen) atoms. The average Bonchev–Trinajstić information content (AvgIpc) is 2.46. The molecule has 100 valence electrons. The fourth-order valence-electron chi connectivity index (χ4n) is 1.59. The van der Waals surface area contributed by atoms with Gasteiger partial charge in [-0.15, -0.1) is 0 Å². The quantitative estimate of drug-likeness (QED) is 0.831. The van der Waals surface area contributed by atoms with Crippen molar-refractivity contribution in [3.8, 4) is 11.8 Å². The molecular formula is C15H13N3O2. The Hall–Kier alpha value is -3.00. The van der Waals surface area contributed by atoms with Crippen LogP contribution in [0.4, 0.5) is 11.4 Å². The molecule has 0 bridgehead atoms. The lowest BCUT2D eigenvalue weighted by molar-refractivity contribution is -0.118. The molecule has 2 aromatic rings. The number of nitrogens with zero attached hydrogens (tertiary/aromatic N) is 1. The fraction of sp³-hybridized carbons (Fsp3) is 0.0667. The molecule has 0 aliphatic heterocycles. The van der Waals surface area contributed by atoms with E-state index in [2.05, 4.69) is 5.32 Å². The topological polar surface area (TPSA) is 88.1 Å².